The van der Waals surface area contributed by atoms with E-state index in [4.69, 9.17) is 9.47 Å². The fourth-order valence-electron chi connectivity index (χ4n) is 2.88. The molecule has 1 aliphatic heterocycles. The summed E-state index contributed by atoms with van der Waals surface area (Å²) in [5.74, 6) is -0.636. The minimum atomic E-state index is -3.28. The van der Waals surface area contributed by atoms with Crippen LogP contribution in [0.25, 0.3) is 0 Å². The lowest BCUT2D eigenvalue weighted by Gasteiger charge is -2.21. The first-order valence-corrected chi connectivity index (χ1v) is 8.15. The van der Waals surface area contributed by atoms with E-state index in [1.807, 2.05) is 19.1 Å². The van der Waals surface area contributed by atoms with Gasteiger partial charge in [-0.05, 0) is 25.5 Å². The molecule has 1 unspecified atom stereocenters. The van der Waals surface area contributed by atoms with Crippen LogP contribution in [0.4, 0.5) is 0 Å². The van der Waals surface area contributed by atoms with E-state index in [0.29, 0.717) is 37.4 Å². The van der Waals surface area contributed by atoms with Crippen LogP contribution in [0.2, 0.25) is 0 Å². The van der Waals surface area contributed by atoms with Crippen molar-refractivity contribution in [3.05, 3.63) is 29.8 Å². The fraction of sp³-hybridized carbons (Fsp3) is 0.571. The van der Waals surface area contributed by atoms with Gasteiger partial charge in [0.15, 0.2) is 15.6 Å². The van der Waals surface area contributed by atoms with Gasteiger partial charge < -0.3 is 9.47 Å². The summed E-state index contributed by atoms with van der Waals surface area (Å²) in [5, 5.41) is -0.395. The average molecular weight is 282 g/mol. The van der Waals surface area contributed by atoms with Crippen LogP contribution in [0.15, 0.2) is 29.2 Å². The summed E-state index contributed by atoms with van der Waals surface area (Å²) >= 11 is 0. The Kier molecular flexibility index (Phi) is 3.15. The van der Waals surface area contributed by atoms with Gasteiger partial charge >= 0.3 is 0 Å². The van der Waals surface area contributed by atoms with Crippen LogP contribution < -0.4 is 0 Å². The van der Waals surface area contributed by atoms with Gasteiger partial charge in [-0.2, -0.15) is 0 Å². The predicted octanol–water partition coefficient (Wildman–Crippen LogP) is 2.06. The second kappa shape index (κ2) is 4.58. The maximum absolute atomic E-state index is 12.6. The van der Waals surface area contributed by atoms with Gasteiger partial charge in [-0.15, -0.1) is 0 Å². The molecule has 2 aliphatic rings. The number of sulfone groups is 1. The zero-order chi connectivity index (χ0) is 13.5. The maximum atomic E-state index is 12.6. The van der Waals surface area contributed by atoms with Crippen LogP contribution in [0.3, 0.4) is 0 Å². The minimum Gasteiger partial charge on any atom is -0.347 e. The number of ether oxygens (including phenoxy) is 2. The van der Waals surface area contributed by atoms with E-state index in [1.54, 1.807) is 12.1 Å². The minimum absolute atomic E-state index is 0.395. The quantitative estimate of drug-likeness (QED) is 0.833. The van der Waals surface area contributed by atoms with E-state index in [1.165, 1.54) is 0 Å². The van der Waals surface area contributed by atoms with Gasteiger partial charge in [-0.1, -0.05) is 17.7 Å². The van der Waals surface area contributed by atoms with E-state index >= 15 is 0 Å². The van der Waals surface area contributed by atoms with E-state index in [0.717, 1.165) is 5.56 Å². The third-order valence-electron chi connectivity index (χ3n) is 3.99. The Morgan fingerprint density at radius 1 is 1.16 bits per heavy atom. The summed E-state index contributed by atoms with van der Waals surface area (Å²) < 4.78 is 36.3. The first kappa shape index (κ1) is 13.1. The van der Waals surface area contributed by atoms with Crippen molar-refractivity contribution in [2.75, 3.05) is 13.2 Å². The van der Waals surface area contributed by atoms with Crippen LogP contribution in [0, 0.1) is 6.92 Å². The van der Waals surface area contributed by atoms with Crippen LogP contribution in [-0.4, -0.2) is 32.7 Å². The molecule has 19 heavy (non-hydrogen) atoms. The molecule has 0 aromatic heterocycles. The molecular weight excluding hydrogens is 264 g/mol. The molecule has 0 bridgehead atoms. The van der Waals surface area contributed by atoms with E-state index in [2.05, 4.69) is 0 Å². The van der Waals surface area contributed by atoms with Crippen molar-refractivity contribution in [2.24, 2.45) is 0 Å². The van der Waals surface area contributed by atoms with Crippen molar-refractivity contribution in [3.63, 3.8) is 0 Å². The normalized spacial score (nSPS) is 26.1. The molecule has 104 valence electrons. The molecular formula is C14H18O4S. The molecule has 0 amide bonds. The van der Waals surface area contributed by atoms with Gasteiger partial charge in [0.2, 0.25) is 0 Å². The molecule has 1 atom stereocenters. The topological polar surface area (TPSA) is 52.6 Å². The second-order valence-electron chi connectivity index (χ2n) is 5.33. The Hall–Kier alpha value is -0.910. The molecule has 1 heterocycles. The lowest BCUT2D eigenvalue weighted by atomic mass is 10.2. The van der Waals surface area contributed by atoms with Gasteiger partial charge in [0.25, 0.3) is 0 Å². The van der Waals surface area contributed by atoms with Crippen LogP contribution in [0.1, 0.15) is 24.8 Å². The molecule has 1 saturated heterocycles. The van der Waals surface area contributed by atoms with Gasteiger partial charge in [0, 0.05) is 12.8 Å². The molecule has 0 radical (unpaired) electrons. The highest BCUT2D eigenvalue weighted by molar-refractivity contribution is 7.92. The maximum Gasteiger partial charge on any atom is 0.181 e. The number of hydrogen-bond donors (Lipinski definition) is 0. The van der Waals surface area contributed by atoms with Gasteiger partial charge in [0.1, 0.15) is 0 Å². The van der Waals surface area contributed by atoms with Crippen molar-refractivity contribution in [1.82, 2.24) is 0 Å². The van der Waals surface area contributed by atoms with Gasteiger partial charge in [-0.3, -0.25) is 0 Å². The number of rotatable bonds is 2. The first-order valence-electron chi connectivity index (χ1n) is 6.60. The Morgan fingerprint density at radius 2 is 1.79 bits per heavy atom. The monoisotopic (exact) mass is 282 g/mol. The SMILES string of the molecule is Cc1ccc(S(=O)(=O)C2CCC3(C2)OCCO3)cc1. The number of aryl methyl sites for hydroxylation is 1. The third kappa shape index (κ3) is 2.30. The van der Waals surface area contributed by atoms with Crippen LogP contribution >= 0.6 is 0 Å². The van der Waals surface area contributed by atoms with E-state index in [9.17, 15) is 8.42 Å². The van der Waals surface area contributed by atoms with Crippen molar-refractivity contribution in [3.8, 4) is 0 Å². The summed E-state index contributed by atoms with van der Waals surface area (Å²) in [6.45, 7) is 3.08. The van der Waals surface area contributed by atoms with E-state index < -0.39 is 20.9 Å². The Bertz CT molecular complexity index is 556. The predicted molar refractivity (Wildman–Crippen MR) is 70.6 cm³/mol. The number of hydrogen-bond acceptors (Lipinski definition) is 4. The Labute approximate surface area is 113 Å². The van der Waals surface area contributed by atoms with Crippen LogP contribution in [-0.2, 0) is 19.3 Å². The molecule has 4 nitrogen and oxygen atoms in total. The molecule has 1 aliphatic carbocycles. The summed E-state index contributed by atoms with van der Waals surface area (Å²) in [6, 6.07) is 7.04. The molecule has 1 aromatic carbocycles. The summed E-state index contributed by atoms with van der Waals surface area (Å²) in [4.78, 5) is 0.401. The van der Waals surface area contributed by atoms with Crippen molar-refractivity contribution in [2.45, 2.75) is 42.1 Å². The fourth-order valence-corrected chi connectivity index (χ4v) is 4.68. The standard InChI is InChI=1S/C14H18O4S/c1-11-2-4-12(5-3-11)19(15,16)13-6-7-14(10-13)17-8-9-18-14/h2-5,13H,6-10H2,1H3. The third-order valence-corrected chi connectivity index (χ3v) is 6.20. The number of benzene rings is 1. The molecule has 2 fully saturated rings. The second-order valence-corrected chi connectivity index (χ2v) is 7.56. The first-order chi connectivity index (χ1) is 9.02. The van der Waals surface area contributed by atoms with E-state index in [-0.39, 0.29) is 0 Å². The van der Waals surface area contributed by atoms with Gasteiger partial charge in [0.05, 0.1) is 23.4 Å². The highest BCUT2D eigenvalue weighted by Crippen LogP contribution is 2.41. The average Bonchev–Trinajstić information content (AvgIpc) is 3.01. The molecule has 1 spiro atoms. The smallest absolute Gasteiger partial charge is 0.181 e. The lowest BCUT2D eigenvalue weighted by molar-refractivity contribution is -0.149. The molecule has 0 N–H and O–H groups in total. The molecule has 5 heteroatoms. The van der Waals surface area contributed by atoms with Crippen molar-refractivity contribution >= 4 is 9.84 Å². The Balaban J connectivity index is 1.84. The molecule has 1 saturated carbocycles. The zero-order valence-corrected chi connectivity index (χ0v) is 11.8. The highest BCUT2D eigenvalue weighted by atomic mass is 32.2. The summed E-state index contributed by atoms with van der Waals surface area (Å²) in [5.41, 5.74) is 1.06. The summed E-state index contributed by atoms with van der Waals surface area (Å²) in [6.07, 6.45) is 1.72. The lowest BCUT2D eigenvalue weighted by Crippen LogP contribution is -2.29. The molecule has 3 rings (SSSR count). The van der Waals surface area contributed by atoms with Crippen molar-refractivity contribution in [1.29, 1.82) is 0 Å². The van der Waals surface area contributed by atoms with Crippen LogP contribution in [0.5, 0.6) is 0 Å². The largest absolute Gasteiger partial charge is 0.347 e. The van der Waals surface area contributed by atoms with Gasteiger partial charge in [-0.25, -0.2) is 8.42 Å². The zero-order valence-electron chi connectivity index (χ0n) is 11.0. The van der Waals surface area contributed by atoms with Crippen molar-refractivity contribution < 1.29 is 17.9 Å². The highest BCUT2D eigenvalue weighted by Gasteiger charge is 2.48. The Morgan fingerprint density at radius 3 is 2.42 bits per heavy atom. The summed E-state index contributed by atoms with van der Waals surface area (Å²) in [7, 11) is -3.28. The molecule has 1 aromatic rings.